The van der Waals surface area contributed by atoms with Crippen molar-refractivity contribution < 1.29 is 0 Å². The van der Waals surface area contributed by atoms with Crippen LogP contribution in [0.2, 0.25) is 0 Å². The molecule has 0 amide bonds. The van der Waals surface area contributed by atoms with Gasteiger partial charge in [-0.05, 0) is 54.5 Å². The smallest absolute Gasteiger partial charge is 0.0255 e. The van der Waals surface area contributed by atoms with E-state index in [0.29, 0.717) is 5.92 Å². The molecule has 3 aliphatic rings. The Morgan fingerprint density at radius 1 is 0.962 bits per heavy atom. The van der Waals surface area contributed by atoms with E-state index in [-0.39, 0.29) is 0 Å². The number of piperidine rings is 3. The normalized spacial score (nSPS) is 25.2. The van der Waals surface area contributed by atoms with Gasteiger partial charge in [-0.3, -0.25) is 4.90 Å². The summed E-state index contributed by atoms with van der Waals surface area (Å²) in [6, 6.07) is 20.6. The molecule has 0 N–H and O–H groups in total. The van der Waals surface area contributed by atoms with Crippen LogP contribution in [0.3, 0.4) is 0 Å². The molecule has 2 bridgehead atoms. The SMILES string of the molecule is CC(C)CN(Cc1ccccc1-c1ccccc1)[C@@H]1CN2CCC1CC2. The zero-order valence-electron chi connectivity index (χ0n) is 16.3. The topological polar surface area (TPSA) is 6.48 Å². The first-order valence-electron chi connectivity index (χ1n) is 10.3. The van der Waals surface area contributed by atoms with Crippen LogP contribution in [0.5, 0.6) is 0 Å². The number of nitrogens with zero attached hydrogens (tertiary/aromatic N) is 2. The van der Waals surface area contributed by atoms with Gasteiger partial charge in [0.2, 0.25) is 0 Å². The first-order chi connectivity index (χ1) is 12.7. The van der Waals surface area contributed by atoms with Crippen molar-refractivity contribution in [3.05, 3.63) is 60.2 Å². The molecule has 0 radical (unpaired) electrons. The molecule has 2 aromatic carbocycles. The Hall–Kier alpha value is -1.64. The second kappa shape index (κ2) is 7.94. The van der Waals surface area contributed by atoms with Gasteiger partial charge in [-0.15, -0.1) is 0 Å². The molecule has 0 saturated carbocycles. The van der Waals surface area contributed by atoms with Gasteiger partial charge in [0.1, 0.15) is 0 Å². The Bertz CT molecular complexity index is 701. The van der Waals surface area contributed by atoms with Crippen LogP contribution in [-0.2, 0) is 6.54 Å². The average molecular weight is 349 g/mol. The average Bonchev–Trinajstić information content (AvgIpc) is 2.69. The Morgan fingerprint density at radius 2 is 1.65 bits per heavy atom. The molecule has 5 rings (SSSR count). The van der Waals surface area contributed by atoms with Gasteiger partial charge in [0.25, 0.3) is 0 Å². The molecule has 26 heavy (non-hydrogen) atoms. The van der Waals surface area contributed by atoms with Crippen molar-refractivity contribution in [2.24, 2.45) is 11.8 Å². The maximum absolute atomic E-state index is 2.79. The van der Waals surface area contributed by atoms with Gasteiger partial charge < -0.3 is 4.90 Å². The van der Waals surface area contributed by atoms with E-state index >= 15 is 0 Å². The Labute approximate surface area is 158 Å². The Morgan fingerprint density at radius 3 is 2.31 bits per heavy atom. The molecule has 2 aromatic rings. The molecule has 2 heteroatoms. The molecule has 0 unspecified atom stereocenters. The summed E-state index contributed by atoms with van der Waals surface area (Å²) in [5, 5.41) is 0. The number of hydrogen-bond acceptors (Lipinski definition) is 2. The number of benzene rings is 2. The van der Waals surface area contributed by atoms with Crippen LogP contribution in [0.25, 0.3) is 11.1 Å². The van der Waals surface area contributed by atoms with Gasteiger partial charge in [0, 0.05) is 25.7 Å². The highest BCUT2D eigenvalue weighted by molar-refractivity contribution is 5.67. The first-order valence-corrected chi connectivity index (χ1v) is 10.3. The van der Waals surface area contributed by atoms with E-state index in [9.17, 15) is 0 Å². The predicted octanol–water partition coefficient (Wildman–Crippen LogP) is 4.91. The summed E-state index contributed by atoms with van der Waals surface area (Å²) in [6.45, 7) is 10.9. The third-order valence-electron chi connectivity index (χ3n) is 6.17. The molecule has 0 spiro atoms. The summed E-state index contributed by atoms with van der Waals surface area (Å²) in [4.78, 5) is 5.48. The summed E-state index contributed by atoms with van der Waals surface area (Å²) in [5.41, 5.74) is 4.19. The Balaban J connectivity index is 1.60. The van der Waals surface area contributed by atoms with E-state index < -0.39 is 0 Å². The molecule has 2 nitrogen and oxygen atoms in total. The molecule has 3 fully saturated rings. The van der Waals surface area contributed by atoms with Crippen LogP contribution in [0, 0.1) is 11.8 Å². The number of hydrogen-bond donors (Lipinski definition) is 0. The van der Waals surface area contributed by atoms with Crippen molar-refractivity contribution in [2.45, 2.75) is 39.3 Å². The summed E-state index contributed by atoms with van der Waals surface area (Å²) in [6.07, 6.45) is 2.78. The molecule has 3 heterocycles. The maximum Gasteiger partial charge on any atom is 0.0255 e. The van der Waals surface area contributed by atoms with Gasteiger partial charge in [-0.2, -0.15) is 0 Å². The molecule has 0 aromatic heterocycles. The fourth-order valence-electron chi connectivity index (χ4n) is 4.91. The molecule has 3 aliphatic heterocycles. The second-order valence-electron chi connectivity index (χ2n) is 8.55. The highest BCUT2D eigenvalue weighted by Gasteiger charge is 2.37. The van der Waals surface area contributed by atoms with E-state index in [1.54, 1.807) is 0 Å². The van der Waals surface area contributed by atoms with Crippen molar-refractivity contribution in [3.63, 3.8) is 0 Å². The monoisotopic (exact) mass is 348 g/mol. The van der Waals surface area contributed by atoms with Crippen LogP contribution in [0.1, 0.15) is 32.3 Å². The number of rotatable bonds is 6. The fourth-order valence-corrected chi connectivity index (χ4v) is 4.91. The van der Waals surface area contributed by atoms with Crippen LogP contribution < -0.4 is 0 Å². The largest absolute Gasteiger partial charge is 0.302 e. The fraction of sp³-hybridized carbons (Fsp3) is 0.500. The minimum Gasteiger partial charge on any atom is -0.302 e. The third-order valence-corrected chi connectivity index (χ3v) is 6.17. The van der Waals surface area contributed by atoms with E-state index in [2.05, 4.69) is 78.2 Å². The van der Waals surface area contributed by atoms with Gasteiger partial charge in [0.15, 0.2) is 0 Å². The lowest BCUT2D eigenvalue weighted by molar-refractivity contribution is -0.00332. The van der Waals surface area contributed by atoms with Crippen molar-refractivity contribution in [1.29, 1.82) is 0 Å². The first kappa shape index (κ1) is 17.8. The van der Waals surface area contributed by atoms with E-state index in [0.717, 1.165) is 18.5 Å². The van der Waals surface area contributed by atoms with E-state index in [4.69, 9.17) is 0 Å². The van der Waals surface area contributed by atoms with Crippen molar-refractivity contribution in [3.8, 4) is 11.1 Å². The zero-order valence-corrected chi connectivity index (χ0v) is 16.3. The zero-order chi connectivity index (χ0) is 17.9. The minimum atomic E-state index is 0.703. The molecular formula is C24H32N2. The van der Waals surface area contributed by atoms with Crippen LogP contribution in [0.4, 0.5) is 0 Å². The summed E-state index contributed by atoms with van der Waals surface area (Å²) in [5.74, 6) is 1.59. The minimum absolute atomic E-state index is 0.703. The summed E-state index contributed by atoms with van der Waals surface area (Å²) >= 11 is 0. The lowest BCUT2D eigenvalue weighted by Crippen LogP contribution is -2.57. The van der Waals surface area contributed by atoms with E-state index in [1.165, 1.54) is 55.7 Å². The second-order valence-corrected chi connectivity index (χ2v) is 8.55. The Kier molecular flexibility index (Phi) is 5.42. The molecular weight excluding hydrogens is 316 g/mol. The van der Waals surface area contributed by atoms with Crippen LogP contribution in [0.15, 0.2) is 54.6 Å². The molecule has 138 valence electrons. The standard InChI is InChI=1S/C24H32N2/c1-19(2)16-26(24-18-25-14-12-21(24)13-15-25)17-22-10-6-7-11-23(22)20-8-4-3-5-9-20/h3-11,19,21,24H,12-18H2,1-2H3/t24-/m1/s1. The van der Waals surface area contributed by atoms with Crippen LogP contribution in [-0.4, -0.2) is 42.0 Å². The van der Waals surface area contributed by atoms with Crippen molar-refractivity contribution in [2.75, 3.05) is 26.2 Å². The summed E-state index contributed by atoms with van der Waals surface area (Å²) < 4.78 is 0. The number of fused-ring (bicyclic) bond motifs is 3. The lowest BCUT2D eigenvalue weighted by atomic mass is 9.82. The van der Waals surface area contributed by atoms with Gasteiger partial charge in [-0.1, -0.05) is 68.4 Å². The molecule has 1 atom stereocenters. The third kappa shape index (κ3) is 3.87. The summed E-state index contributed by atoms with van der Waals surface area (Å²) in [7, 11) is 0. The molecule has 3 saturated heterocycles. The van der Waals surface area contributed by atoms with Crippen molar-refractivity contribution >= 4 is 0 Å². The van der Waals surface area contributed by atoms with Crippen LogP contribution >= 0.6 is 0 Å². The van der Waals surface area contributed by atoms with Crippen molar-refractivity contribution in [1.82, 2.24) is 9.80 Å². The molecule has 0 aliphatic carbocycles. The highest BCUT2D eigenvalue weighted by atomic mass is 15.3. The van der Waals surface area contributed by atoms with Gasteiger partial charge in [0.05, 0.1) is 0 Å². The quantitative estimate of drug-likeness (QED) is 0.732. The maximum atomic E-state index is 2.79. The lowest BCUT2D eigenvalue weighted by Gasteiger charge is -2.49. The van der Waals surface area contributed by atoms with E-state index in [1.807, 2.05) is 0 Å². The van der Waals surface area contributed by atoms with Gasteiger partial charge >= 0.3 is 0 Å². The highest BCUT2D eigenvalue weighted by Crippen LogP contribution is 2.33. The predicted molar refractivity (Wildman–Crippen MR) is 110 cm³/mol. The van der Waals surface area contributed by atoms with Gasteiger partial charge in [-0.25, -0.2) is 0 Å².